The van der Waals surface area contributed by atoms with E-state index in [0.717, 1.165) is 26.7 Å². The summed E-state index contributed by atoms with van der Waals surface area (Å²) in [6.07, 6.45) is 0. The van der Waals surface area contributed by atoms with Gasteiger partial charge in [-0.2, -0.15) is 0 Å². The standard InChI is InChI=1S/C16H22BrNOSi/c1-16(2,3)20(4,5)19-12-8-6-11-7-9-14(17)15(18)13(11)10-12/h6-10H,18H2,1-5H3. The molecule has 0 bridgehead atoms. The number of nitrogens with two attached hydrogens (primary N) is 1. The first kappa shape index (κ1) is 15.4. The van der Waals surface area contributed by atoms with Crippen LogP contribution in [0.2, 0.25) is 18.1 Å². The minimum atomic E-state index is -1.82. The van der Waals surface area contributed by atoms with Crippen molar-refractivity contribution < 1.29 is 4.43 Å². The Hall–Kier alpha value is -1.00. The SMILES string of the molecule is CC(C)(C)[Si](C)(C)Oc1ccc2ccc(Br)c(N)c2c1. The van der Waals surface area contributed by atoms with Crippen molar-refractivity contribution in [3.05, 3.63) is 34.8 Å². The molecule has 0 atom stereocenters. The summed E-state index contributed by atoms with van der Waals surface area (Å²) >= 11 is 3.48. The molecule has 0 saturated heterocycles. The third-order valence-electron chi connectivity index (χ3n) is 4.16. The zero-order valence-electron chi connectivity index (χ0n) is 12.8. The molecule has 2 aromatic rings. The average Bonchev–Trinajstić information content (AvgIpc) is 2.32. The highest BCUT2D eigenvalue weighted by Crippen LogP contribution is 2.38. The van der Waals surface area contributed by atoms with Crippen LogP contribution in [0.25, 0.3) is 10.8 Å². The maximum absolute atomic E-state index is 6.34. The zero-order chi connectivity index (χ0) is 15.1. The Kier molecular flexibility index (Phi) is 3.91. The number of hydrogen-bond acceptors (Lipinski definition) is 2. The third-order valence-corrected chi connectivity index (χ3v) is 9.21. The molecule has 2 N–H and O–H groups in total. The summed E-state index contributed by atoms with van der Waals surface area (Å²) in [5.41, 5.74) is 6.91. The fourth-order valence-corrected chi connectivity index (χ4v) is 3.17. The van der Waals surface area contributed by atoms with Gasteiger partial charge in [-0.25, -0.2) is 0 Å². The Labute approximate surface area is 130 Å². The molecular weight excluding hydrogens is 330 g/mol. The van der Waals surface area contributed by atoms with Crippen LogP contribution in [-0.4, -0.2) is 8.32 Å². The van der Waals surface area contributed by atoms with Crippen molar-refractivity contribution >= 4 is 40.7 Å². The van der Waals surface area contributed by atoms with Gasteiger partial charge in [0.15, 0.2) is 0 Å². The molecular formula is C16H22BrNOSi. The summed E-state index contributed by atoms with van der Waals surface area (Å²) in [5.74, 6) is 0.911. The predicted molar refractivity (Wildman–Crippen MR) is 93.9 cm³/mol. The first-order valence-corrected chi connectivity index (χ1v) is 10.5. The van der Waals surface area contributed by atoms with E-state index in [1.807, 2.05) is 12.1 Å². The lowest BCUT2D eigenvalue weighted by Gasteiger charge is -2.36. The van der Waals surface area contributed by atoms with Gasteiger partial charge in [-0.1, -0.05) is 32.9 Å². The first-order chi connectivity index (χ1) is 9.12. The Morgan fingerprint density at radius 3 is 2.30 bits per heavy atom. The molecule has 2 nitrogen and oxygen atoms in total. The molecule has 0 amide bonds. The van der Waals surface area contributed by atoms with Gasteiger partial charge in [-0.15, -0.1) is 0 Å². The fraction of sp³-hybridized carbons (Fsp3) is 0.375. The van der Waals surface area contributed by atoms with Gasteiger partial charge in [0.25, 0.3) is 0 Å². The van der Waals surface area contributed by atoms with Crippen LogP contribution in [-0.2, 0) is 0 Å². The van der Waals surface area contributed by atoms with Gasteiger partial charge in [-0.3, -0.25) is 0 Å². The molecule has 20 heavy (non-hydrogen) atoms. The van der Waals surface area contributed by atoms with E-state index in [0.29, 0.717) is 0 Å². The Balaban J connectivity index is 2.45. The van der Waals surface area contributed by atoms with Crippen molar-refractivity contribution in [2.24, 2.45) is 0 Å². The van der Waals surface area contributed by atoms with E-state index < -0.39 is 8.32 Å². The van der Waals surface area contributed by atoms with Crippen molar-refractivity contribution in [1.82, 2.24) is 0 Å². The number of benzene rings is 2. The van der Waals surface area contributed by atoms with Gasteiger partial charge < -0.3 is 10.2 Å². The van der Waals surface area contributed by atoms with Gasteiger partial charge in [-0.05, 0) is 57.6 Å². The van der Waals surface area contributed by atoms with Gasteiger partial charge in [0.05, 0.1) is 5.69 Å². The molecule has 0 heterocycles. The summed E-state index contributed by atoms with van der Waals surface area (Å²) in [5, 5.41) is 2.36. The van der Waals surface area contributed by atoms with E-state index >= 15 is 0 Å². The number of anilines is 1. The number of halogens is 1. The first-order valence-electron chi connectivity index (χ1n) is 6.78. The van der Waals surface area contributed by atoms with E-state index in [9.17, 15) is 0 Å². The van der Waals surface area contributed by atoms with Crippen molar-refractivity contribution in [2.45, 2.75) is 38.9 Å². The smallest absolute Gasteiger partial charge is 0.250 e. The lowest BCUT2D eigenvalue weighted by Crippen LogP contribution is -2.43. The van der Waals surface area contributed by atoms with Crippen molar-refractivity contribution in [2.75, 3.05) is 5.73 Å². The van der Waals surface area contributed by atoms with Gasteiger partial charge in [0.2, 0.25) is 8.32 Å². The summed E-state index contributed by atoms with van der Waals surface area (Å²) in [4.78, 5) is 0. The molecule has 0 aromatic heterocycles. The normalized spacial score (nSPS) is 12.7. The number of hydrogen-bond donors (Lipinski definition) is 1. The number of nitrogen functional groups attached to an aromatic ring is 1. The van der Waals surface area contributed by atoms with E-state index in [1.165, 1.54) is 0 Å². The second-order valence-electron chi connectivity index (χ2n) is 6.71. The molecule has 2 rings (SSSR count). The highest BCUT2D eigenvalue weighted by molar-refractivity contribution is 9.10. The quantitative estimate of drug-likeness (QED) is 0.567. The molecule has 0 saturated carbocycles. The second-order valence-corrected chi connectivity index (χ2v) is 12.3. The number of rotatable bonds is 2. The molecule has 0 unspecified atom stereocenters. The van der Waals surface area contributed by atoms with Crippen LogP contribution in [0.1, 0.15) is 20.8 Å². The molecule has 0 aliphatic rings. The zero-order valence-corrected chi connectivity index (χ0v) is 15.3. The summed E-state index contributed by atoms with van der Waals surface area (Å²) < 4.78 is 7.26. The molecule has 4 heteroatoms. The highest BCUT2D eigenvalue weighted by atomic mass is 79.9. The van der Waals surface area contributed by atoms with Gasteiger partial charge in [0.1, 0.15) is 5.75 Å². The minimum absolute atomic E-state index is 0.185. The van der Waals surface area contributed by atoms with E-state index in [1.54, 1.807) is 0 Å². The molecule has 0 radical (unpaired) electrons. The van der Waals surface area contributed by atoms with Crippen LogP contribution in [0.5, 0.6) is 5.75 Å². The molecule has 0 fully saturated rings. The lowest BCUT2D eigenvalue weighted by molar-refractivity contribution is 0.493. The van der Waals surface area contributed by atoms with Crippen LogP contribution in [0.15, 0.2) is 34.8 Å². The highest BCUT2D eigenvalue weighted by Gasteiger charge is 2.38. The molecule has 2 aromatic carbocycles. The molecule has 108 valence electrons. The molecule has 0 aliphatic heterocycles. The third kappa shape index (κ3) is 2.86. The van der Waals surface area contributed by atoms with Crippen LogP contribution in [0.3, 0.4) is 0 Å². The van der Waals surface area contributed by atoms with E-state index in [4.69, 9.17) is 10.2 Å². The fourth-order valence-electron chi connectivity index (χ4n) is 1.81. The topological polar surface area (TPSA) is 35.2 Å². The summed E-state index contributed by atoms with van der Waals surface area (Å²) in [6.45, 7) is 11.2. The van der Waals surface area contributed by atoms with E-state index in [2.05, 4.69) is 68.0 Å². The van der Waals surface area contributed by atoms with Crippen LogP contribution < -0.4 is 10.2 Å². The lowest BCUT2D eigenvalue weighted by atomic mass is 10.1. The maximum atomic E-state index is 6.34. The number of fused-ring (bicyclic) bond motifs is 1. The predicted octanol–water partition coefficient (Wildman–Crippen LogP) is 5.57. The van der Waals surface area contributed by atoms with Crippen LogP contribution >= 0.6 is 15.9 Å². The summed E-state index contributed by atoms with van der Waals surface area (Å²) in [7, 11) is -1.82. The monoisotopic (exact) mass is 351 g/mol. The Morgan fingerprint density at radius 1 is 1.10 bits per heavy atom. The molecule has 0 spiro atoms. The molecule has 0 aliphatic carbocycles. The minimum Gasteiger partial charge on any atom is -0.543 e. The van der Waals surface area contributed by atoms with Crippen molar-refractivity contribution in [3.63, 3.8) is 0 Å². The Morgan fingerprint density at radius 2 is 1.70 bits per heavy atom. The van der Waals surface area contributed by atoms with E-state index in [-0.39, 0.29) is 5.04 Å². The Bertz CT molecular complexity index is 647. The van der Waals surface area contributed by atoms with Crippen molar-refractivity contribution in [1.29, 1.82) is 0 Å². The average molecular weight is 352 g/mol. The van der Waals surface area contributed by atoms with Crippen LogP contribution in [0, 0.1) is 0 Å². The van der Waals surface area contributed by atoms with Crippen LogP contribution in [0.4, 0.5) is 5.69 Å². The largest absolute Gasteiger partial charge is 0.543 e. The second kappa shape index (κ2) is 5.08. The van der Waals surface area contributed by atoms with Crippen molar-refractivity contribution in [3.8, 4) is 5.75 Å². The van der Waals surface area contributed by atoms with Gasteiger partial charge in [0, 0.05) is 9.86 Å². The van der Waals surface area contributed by atoms with Gasteiger partial charge >= 0.3 is 0 Å². The summed E-state index contributed by atoms with van der Waals surface area (Å²) in [6, 6.07) is 10.2. The maximum Gasteiger partial charge on any atom is 0.250 e.